The van der Waals surface area contributed by atoms with Gasteiger partial charge in [0.2, 0.25) is 0 Å². The second-order valence-electron chi connectivity index (χ2n) is 6.68. The van der Waals surface area contributed by atoms with E-state index in [1.165, 1.54) is 18.4 Å². The van der Waals surface area contributed by atoms with Gasteiger partial charge in [-0.05, 0) is 50.2 Å². The molecule has 1 aliphatic rings. The van der Waals surface area contributed by atoms with Crippen LogP contribution < -0.4 is 16.8 Å². The van der Waals surface area contributed by atoms with Gasteiger partial charge in [-0.2, -0.15) is 0 Å². The molecule has 0 atom stereocenters. The fourth-order valence-corrected chi connectivity index (χ4v) is 3.12. The van der Waals surface area contributed by atoms with Gasteiger partial charge in [-0.3, -0.25) is 4.79 Å². The Morgan fingerprint density at radius 2 is 1.92 bits per heavy atom. The number of likely N-dealkylation sites (tertiary alicyclic amines) is 1. The number of rotatable bonds is 5. The Kier molecular flexibility index (Phi) is 5.31. The van der Waals surface area contributed by atoms with Crippen LogP contribution in [-0.2, 0) is 6.54 Å². The average molecular weight is 339 g/mol. The number of nitrogens with two attached hydrogens (primary N) is 2. The van der Waals surface area contributed by atoms with Crippen molar-refractivity contribution in [2.75, 3.05) is 25.9 Å². The zero-order valence-corrected chi connectivity index (χ0v) is 14.5. The molecule has 0 radical (unpaired) electrons. The number of benzene rings is 1. The van der Waals surface area contributed by atoms with Crippen LogP contribution in [0.25, 0.3) is 11.1 Å². The zero-order chi connectivity index (χ0) is 17.8. The molecule has 0 saturated carbocycles. The summed E-state index contributed by atoms with van der Waals surface area (Å²) in [4.78, 5) is 17.8. The van der Waals surface area contributed by atoms with Gasteiger partial charge in [-0.1, -0.05) is 24.3 Å². The van der Waals surface area contributed by atoms with E-state index in [4.69, 9.17) is 11.5 Å². The van der Waals surface area contributed by atoms with Gasteiger partial charge >= 0.3 is 0 Å². The average Bonchev–Trinajstić information content (AvgIpc) is 2.62. The molecule has 132 valence electrons. The molecule has 2 heterocycles. The molecule has 6 heteroatoms. The highest BCUT2D eigenvalue weighted by molar-refractivity contribution is 5.98. The summed E-state index contributed by atoms with van der Waals surface area (Å²) < 4.78 is 0. The third-order valence-electron chi connectivity index (χ3n) is 4.78. The number of hydrogen-bond acceptors (Lipinski definition) is 5. The van der Waals surface area contributed by atoms with E-state index in [0.29, 0.717) is 6.04 Å². The van der Waals surface area contributed by atoms with E-state index >= 15 is 0 Å². The minimum Gasteiger partial charge on any atom is -0.383 e. The van der Waals surface area contributed by atoms with Gasteiger partial charge in [0.25, 0.3) is 5.91 Å². The SMILES string of the molecule is CN1CCC(NCc2ccc(-c3cnc(N)c(C(N)=O)c3)cc2)CC1. The maximum Gasteiger partial charge on any atom is 0.252 e. The van der Waals surface area contributed by atoms with Gasteiger partial charge in [0.05, 0.1) is 5.56 Å². The van der Waals surface area contributed by atoms with E-state index in [1.54, 1.807) is 12.3 Å². The third-order valence-corrected chi connectivity index (χ3v) is 4.78. The first kappa shape index (κ1) is 17.4. The molecule has 2 aromatic rings. The normalized spacial score (nSPS) is 16.0. The fourth-order valence-electron chi connectivity index (χ4n) is 3.12. The standard InChI is InChI=1S/C19H25N5O/c1-24-8-6-16(7-9-24)22-11-13-2-4-14(5-3-13)15-10-17(19(21)25)18(20)23-12-15/h2-5,10,12,16,22H,6-9,11H2,1H3,(H2,20,23)(H2,21,25). The molecular formula is C19H25N5O. The molecular weight excluding hydrogens is 314 g/mol. The predicted octanol–water partition coefficient (Wildman–Crippen LogP) is 1.61. The van der Waals surface area contributed by atoms with E-state index in [0.717, 1.165) is 30.8 Å². The lowest BCUT2D eigenvalue weighted by molar-refractivity contribution is 0.100. The van der Waals surface area contributed by atoms with E-state index in [1.807, 2.05) is 12.1 Å². The summed E-state index contributed by atoms with van der Waals surface area (Å²) in [5, 5.41) is 3.63. The highest BCUT2D eigenvalue weighted by Crippen LogP contribution is 2.22. The van der Waals surface area contributed by atoms with Crippen LogP contribution in [0.15, 0.2) is 36.5 Å². The Morgan fingerprint density at radius 1 is 1.24 bits per heavy atom. The maximum absolute atomic E-state index is 11.4. The van der Waals surface area contributed by atoms with Gasteiger partial charge in [0, 0.05) is 24.3 Å². The number of piperidine rings is 1. The van der Waals surface area contributed by atoms with Crippen LogP contribution in [0.4, 0.5) is 5.82 Å². The number of nitrogens with zero attached hydrogens (tertiary/aromatic N) is 2. The lowest BCUT2D eigenvalue weighted by Crippen LogP contribution is -2.40. The molecule has 3 rings (SSSR count). The number of nitrogens with one attached hydrogen (secondary N) is 1. The van der Waals surface area contributed by atoms with Gasteiger partial charge < -0.3 is 21.7 Å². The first-order chi connectivity index (χ1) is 12.0. The minimum atomic E-state index is -0.564. The predicted molar refractivity (Wildman–Crippen MR) is 100.0 cm³/mol. The van der Waals surface area contributed by atoms with Crippen LogP contribution in [-0.4, -0.2) is 42.0 Å². The van der Waals surface area contributed by atoms with Crippen molar-refractivity contribution < 1.29 is 4.79 Å². The second-order valence-corrected chi connectivity index (χ2v) is 6.68. The van der Waals surface area contributed by atoms with Crippen LogP contribution >= 0.6 is 0 Å². The molecule has 6 nitrogen and oxygen atoms in total. The minimum absolute atomic E-state index is 0.162. The Labute approximate surface area is 148 Å². The molecule has 1 amide bonds. The number of carbonyl (C=O) groups is 1. The molecule has 0 bridgehead atoms. The van der Waals surface area contributed by atoms with Crippen LogP contribution in [0.1, 0.15) is 28.8 Å². The van der Waals surface area contributed by atoms with Crippen LogP contribution in [0.3, 0.4) is 0 Å². The Balaban J connectivity index is 1.64. The van der Waals surface area contributed by atoms with Crippen LogP contribution in [0.2, 0.25) is 0 Å². The van der Waals surface area contributed by atoms with Crippen LogP contribution in [0, 0.1) is 0 Å². The molecule has 0 unspecified atom stereocenters. The summed E-state index contributed by atoms with van der Waals surface area (Å²) >= 11 is 0. The molecule has 1 fully saturated rings. The number of anilines is 1. The number of amides is 1. The lowest BCUT2D eigenvalue weighted by atomic mass is 10.0. The summed E-state index contributed by atoms with van der Waals surface area (Å²) in [7, 11) is 2.17. The summed E-state index contributed by atoms with van der Waals surface area (Å²) in [5.74, 6) is -0.402. The highest BCUT2D eigenvalue weighted by Gasteiger charge is 2.15. The van der Waals surface area contributed by atoms with E-state index in [-0.39, 0.29) is 11.4 Å². The summed E-state index contributed by atoms with van der Waals surface area (Å²) in [6, 6.07) is 10.5. The molecule has 5 N–H and O–H groups in total. The fraction of sp³-hybridized carbons (Fsp3) is 0.368. The number of aromatic nitrogens is 1. The monoisotopic (exact) mass is 339 g/mol. The van der Waals surface area contributed by atoms with Crippen molar-refractivity contribution in [3.63, 3.8) is 0 Å². The number of nitrogen functional groups attached to an aromatic ring is 1. The zero-order valence-electron chi connectivity index (χ0n) is 14.5. The topological polar surface area (TPSA) is 97.3 Å². The van der Waals surface area contributed by atoms with Gasteiger partial charge in [0.1, 0.15) is 5.82 Å². The van der Waals surface area contributed by atoms with Crippen molar-refractivity contribution in [1.29, 1.82) is 0 Å². The molecule has 1 aromatic carbocycles. The number of hydrogen-bond donors (Lipinski definition) is 3. The highest BCUT2D eigenvalue weighted by atomic mass is 16.1. The first-order valence-corrected chi connectivity index (χ1v) is 8.59. The van der Waals surface area contributed by atoms with Gasteiger partial charge in [-0.15, -0.1) is 0 Å². The van der Waals surface area contributed by atoms with Gasteiger partial charge in [-0.25, -0.2) is 4.98 Å². The lowest BCUT2D eigenvalue weighted by Gasteiger charge is -2.29. The van der Waals surface area contributed by atoms with E-state index < -0.39 is 5.91 Å². The molecule has 1 saturated heterocycles. The quantitative estimate of drug-likeness (QED) is 0.769. The molecule has 25 heavy (non-hydrogen) atoms. The van der Waals surface area contributed by atoms with E-state index in [2.05, 4.69) is 34.4 Å². The smallest absolute Gasteiger partial charge is 0.252 e. The van der Waals surface area contributed by atoms with Crippen molar-refractivity contribution >= 4 is 11.7 Å². The molecule has 0 aliphatic carbocycles. The number of pyridine rings is 1. The molecule has 0 spiro atoms. The summed E-state index contributed by atoms with van der Waals surface area (Å²) in [6.07, 6.45) is 4.05. The number of primary amides is 1. The first-order valence-electron chi connectivity index (χ1n) is 8.59. The Hall–Kier alpha value is -2.44. The van der Waals surface area contributed by atoms with Crippen molar-refractivity contribution in [1.82, 2.24) is 15.2 Å². The van der Waals surface area contributed by atoms with E-state index in [9.17, 15) is 4.79 Å². The molecule has 1 aromatic heterocycles. The van der Waals surface area contributed by atoms with Crippen molar-refractivity contribution in [3.8, 4) is 11.1 Å². The second kappa shape index (κ2) is 7.63. The van der Waals surface area contributed by atoms with Crippen molar-refractivity contribution in [3.05, 3.63) is 47.7 Å². The Morgan fingerprint density at radius 3 is 2.56 bits per heavy atom. The third kappa shape index (κ3) is 4.35. The van der Waals surface area contributed by atoms with Crippen molar-refractivity contribution in [2.24, 2.45) is 5.73 Å². The van der Waals surface area contributed by atoms with Crippen LogP contribution in [0.5, 0.6) is 0 Å². The summed E-state index contributed by atoms with van der Waals surface area (Å²) in [5.41, 5.74) is 14.3. The maximum atomic E-state index is 11.4. The Bertz CT molecular complexity index is 736. The van der Waals surface area contributed by atoms with Crippen molar-refractivity contribution in [2.45, 2.75) is 25.4 Å². The van der Waals surface area contributed by atoms with Gasteiger partial charge in [0.15, 0.2) is 0 Å². The summed E-state index contributed by atoms with van der Waals surface area (Å²) in [6.45, 7) is 3.17. The largest absolute Gasteiger partial charge is 0.383 e. The molecule has 1 aliphatic heterocycles. The number of carbonyl (C=O) groups excluding carboxylic acids is 1.